The van der Waals surface area contributed by atoms with E-state index in [1.165, 1.54) is 22.3 Å². The fourth-order valence-electron chi connectivity index (χ4n) is 1.77. The van der Waals surface area contributed by atoms with Gasteiger partial charge in [-0.05, 0) is 29.2 Å². The molecule has 0 aliphatic heterocycles. The van der Waals surface area contributed by atoms with Gasteiger partial charge in [-0.15, -0.1) is 0 Å². The molecule has 0 radical (unpaired) electrons. The minimum atomic E-state index is 0.900. The van der Waals surface area contributed by atoms with Crippen molar-refractivity contribution in [3.63, 3.8) is 0 Å². The van der Waals surface area contributed by atoms with E-state index in [9.17, 15) is 0 Å². The molecule has 0 saturated heterocycles. The topological polar surface area (TPSA) is 0 Å². The first kappa shape index (κ1) is 10.4. The Hall–Kier alpha value is -1.08. The molecule has 0 atom stereocenters. The fraction of sp³-hybridized carbons (Fsp3) is 0.143. The smallest absolute Gasteiger partial charge is 0.0289 e. The number of hydrogen-bond acceptors (Lipinski definition) is 0. The second-order valence-corrected chi connectivity index (χ2v) is 4.17. The Labute approximate surface area is 99.1 Å². The van der Waals surface area contributed by atoms with Crippen molar-refractivity contribution in [1.82, 2.24) is 0 Å². The van der Waals surface area contributed by atoms with E-state index in [2.05, 4.69) is 71.4 Å². The summed E-state index contributed by atoms with van der Waals surface area (Å²) in [7, 11) is 0. The van der Waals surface area contributed by atoms with Crippen LogP contribution in [0.5, 0.6) is 0 Å². The minimum absolute atomic E-state index is 0.900. The average molecular weight is 261 g/mol. The summed E-state index contributed by atoms with van der Waals surface area (Å²) >= 11 is 3.53. The van der Waals surface area contributed by atoms with Crippen molar-refractivity contribution in [1.29, 1.82) is 0 Å². The van der Waals surface area contributed by atoms with Crippen molar-refractivity contribution in [3.05, 3.63) is 59.7 Å². The molecule has 0 saturated carbocycles. The van der Waals surface area contributed by atoms with Gasteiger partial charge >= 0.3 is 0 Å². The second kappa shape index (κ2) is 4.63. The molecule has 0 fully saturated rings. The van der Waals surface area contributed by atoms with Crippen molar-refractivity contribution in [2.45, 2.75) is 12.3 Å². The van der Waals surface area contributed by atoms with E-state index >= 15 is 0 Å². The molecule has 2 aromatic rings. The molecular weight excluding hydrogens is 248 g/mol. The molecule has 0 aliphatic rings. The van der Waals surface area contributed by atoms with Crippen LogP contribution in [0.15, 0.2) is 48.5 Å². The molecule has 0 aliphatic carbocycles. The average Bonchev–Trinajstić information content (AvgIpc) is 2.30. The molecule has 2 aromatic carbocycles. The van der Waals surface area contributed by atoms with Gasteiger partial charge in [0.1, 0.15) is 0 Å². The predicted molar refractivity (Wildman–Crippen MR) is 69.2 cm³/mol. The standard InChI is InChI=1S/C14H13Br/c1-11-6-2-4-8-13(11)14-9-5-3-7-12(14)10-15/h2-9H,10H2,1H3. The normalized spacial score (nSPS) is 10.3. The van der Waals surface area contributed by atoms with Crippen LogP contribution >= 0.6 is 15.9 Å². The Bertz CT molecular complexity index is 460. The highest BCUT2D eigenvalue weighted by molar-refractivity contribution is 9.08. The Morgan fingerprint density at radius 2 is 1.47 bits per heavy atom. The highest BCUT2D eigenvalue weighted by atomic mass is 79.9. The third-order valence-corrected chi connectivity index (χ3v) is 3.20. The van der Waals surface area contributed by atoms with Crippen LogP contribution in [0.2, 0.25) is 0 Å². The second-order valence-electron chi connectivity index (χ2n) is 3.61. The van der Waals surface area contributed by atoms with Crippen molar-refractivity contribution in [2.75, 3.05) is 0 Å². The molecule has 0 unspecified atom stereocenters. The van der Waals surface area contributed by atoms with Crippen molar-refractivity contribution < 1.29 is 0 Å². The summed E-state index contributed by atoms with van der Waals surface area (Å²) in [6.45, 7) is 2.15. The number of rotatable bonds is 2. The monoisotopic (exact) mass is 260 g/mol. The zero-order valence-electron chi connectivity index (χ0n) is 8.70. The van der Waals surface area contributed by atoms with E-state index in [4.69, 9.17) is 0 Å². The van der Waals surface area contributed by atoms with Crippen LogP contribution in [0.1, 0.15) is 11.1 Å². The van der Waals surface area contributed by atoms with Crippen LogP contribution in [0.4, 0.5) is 0 Å². The number of aryl methyl sites for hydroxylation is 1. The van der Waals surface area contributed by atoms with Crippen molar-refractivity contribution in [3.8, 4) is 11.1 Å². The van der Waals surface area contributed by atoms with Gasteiger partial charge in [-0.3, -0.25) is 0 Å². The Balaban J connectivity index is 2.59. The van der Waals surface area contributed by atoms with E-state index in [-0.39, 0.29) is 0 Å². The summed E-state index contributed by atoms with van der Waals surface area (Å²) in [5.41, 5.74) is 5.32. The highest BCUT2D eigenvalue weighted by Crippen LogP contribution is 2.27. The molecule has 0 spiro atoms. The van der Waals surface area contributed by atoms with Crippen LogP contribution in [0.25, 0.3) is 11.1 Å². The van der Waals surface area contributed by atoms with E-state index in [0.717, 1.165) is 5.33 Å². The first-order chi connectivity index (χ1) is 7.33. The van der Waals surface area contributed by atoms with Gasteiger partial charge in [-0.2, -0.15) is 0 Å². The maximum absolute atomic E-state index is 3.53. The zero-order chi connectivity index (χ0) is 10.7. The lowest BCUT2D eigenvalue weighted by molar-refractivity contribution is 1.39. The van der Waals surface area contributed by atoms with Crippen LogP contribution in [-0.2, 0) is 5.33 Å². The molecule has 0 heterocycles. The molecule has 15 heavy (non-hydrogen) atoms. The third-order valence-electron chi connectivity index (χ3n) is 2.60. The lowest BCUT2D eigenvalue weighted by Crippen LogP contribution is -1.87. The summed E-state index contributed by atoms with van der Waals surface area (Å²) < 4.78 is 0. The van der Waals surface area contributed by atoms with Crippen molar-refractivity contribution >= 4 is 15.9 Å². The molecule has 0 bridgehead atoms. The van der Waals surface area contributed by atoms with Gasteiger partial charge < -0.3 is 0 Å². The van der Waals surface area contributed by atoms with E-state index < -0.39 is 0 Å². The first-order valence-corrected chi connectivity index (χ1v) is 6.15. The van der Waals surface area contributed by atoms with Crippen LogP contribution in [0.3, 0.4) is 0 Å². The lowest BCUT2D eigenvalue weighted by Gasteiger charge is -2.09. The number of hydrogen-bond donors (Lipinski definition) is 0. The number of alkyl halides is 1. The van der Waals surface area contributed by atoms with Crippen LogP contribution in [0, 0.1) is 6.92 Å². The third kappa shape index (κ3) is 2.13. The van der Waals surface area contributed by atoms with Gasteiger partial charge in [0.05, 0.1) is 0 Å². The van der Waals surface area contributed by atoms with Crippen LogP contribution < -0.4 is 0 Å². The Kier molecular flexibility index (Phi) is 3.22. The molecule has 0 amide bonds. The van der Waals surface area contributed by atoms with Gasteiger partial charge in [-0.25, -0.2) is 0 Å². The van der Waals surface area contributed by atoms with Gasteiger partial charge in [0.2, 0.25) is 0 Å². The summed E-state index contributed by atoms with van der Waals surface area (Å²) in [6, 6.07) is 17.0. The van der Waals surface area contributed by atoms with Gasteiger partial charge in [0, 0.05) is 5.33 Å². The zero-order valence-corrected chi connectivity index (χ0v) is 10.3. The number of benzene rings is 2. The van der Waals surface area contributed by atoms with Gasteiger partial charge in [0.15, 0.2) is 0 Å². The van der Waals surface area contributed by atoms with Gasteiger partial charge in [0.25, 0.3) is 0 Å². The van der Waals surface area contributed by atoms with Crippen LogP contribution in [-0.4, -0.2) is 0 Å². The largest absolute Gasteiger partial charge is 0.0876 e. The molecule has 0 aromatic heterocycles. The fourth-order valence-corrected chi connectivity index (χ4v) is 2.26. The quantitative estimate of drug-likeness (QED) is 0.695. The van der Waals surface area contributed by atoms with E-state index in [1.807, 2.05) is 0 Å². The highest BCUT2D eigenvalue weighted by Gasteiger charge is 2.04. The summed E-state index contributed by atoms with van der Waals surface area (Å²) in [4.78, 5) is 0. The summed E-state index contributed by atoms with van der Waals surface area (Å²) in [5.74, 6) is 0. The summed E-state index contributed by atoms with van der Waals surface area (Å²) in [5, 5.41) is 0.900. The van der Waals surface area contributed by atoms with Gasteiger partial charge in [-0.1, -0.05) is 64.5 Å². The molecule has 2 rings (SSSR count). The maximum atomic E-state index is 3.53. The summed E-state index contributed by atoms with van der Waals surface area (Å²) in [6.07, 6.45) is 0. The lowest BCUT2D eigenvalue weighted by atomic mass is 9.97. The number of halogens is 1. The molecule has 0 N–H and O–H groups in total. The molecule has 0 nitrogen and oxygen atoms in total. The Morgan fingerprint density at radius 3 is 2.13 bits per heavy atom. The predicted octanol–water partition coefficient (Wildman–Crippen LogP) is 4.56. The minimum Gasteiger partial charge on any atom is -0.0876 e. The molecule has 1 heteroatoms. The molecule has 76 valence electrons. The maximum Gasteiger partial charge on any atom is 0.0289 e. The Morgan fingerprint density at radius 1 is 0.867 bits per heavy atom. The van der Waals surface area contributed by atoms with E-state index in [0.29, 0.717) is 0 Å². The first-order valence-electron chi connectivity index (χ1n) is 5.03. The molecular formula is C14H13Br. The van der Waals surface area contributed by atoms with Crippen molar-refractivity contribution in [2.24, 2.45) is 0 Å². The SMILES string of the molecule is Cc1ccccc1-c1ccccc1CBr. The van der Waals surface area contributed by atoms with E-state index in [1.54, 1.807) is 0 Å².